The molecule has 5 nitrogen and oxygen atoms in total. The molecule has 24 heavy (non-hydrogen) atoms. The van der Waals surface area contributed by atoms with E-state index in [2.05, 4.69) is 10.3 Å². The number of aromatic nitrogens is 1. The van der Waals surface area contributed by atoms with Crippen molar-refractivity contribution in [3.63, 3.8) is 0 Å². The lowest BCUT2D eigenvalue weighted by Gasteiger charge is -2.05. The van der Waals surface area contributed by atoms with E-state index in [1.165, 1.54) is 0 Å². The molecular weight excluding hydrogens is 324 g/mol. The summed E-state index contributed by atoms with van der Waals surface area (Å²) in [7, 11) is -3.49. The molecule has 0 saturated carbocycles. The van der Waals surface area contributed by atoms with E-state index < -0.39 is 9.84 Å². The van der Waals surface area contributed by atoms with Crippen LogP contribution in [0.15, 0.2) is 70.1 Å². The number of nitrogens with one attached hydrogen (secondary N) is 1. The van der Waals surface area contributed by atoms with Crippen LogP contribution >= 0.6 is 0 Å². The van der Waals surface area contributed by atoms with Gasteiger partial charge in [-0.05, 0) is 17.7 Å². The van der Waals surface area contributed by atoms with Gasteiger partial charge in [0.15, 0.2) is 0 Å². The average Bonchev–Trinajstić information content (AvgIpc) is 3.07. The minimum absolute atomic E-state index is 0.0339. The molecule has 1 aromatic heterocycles. The number of oxazole rings is 1. The van der Waals surface area contributed by atoms with Gasteiger partial charge in [0.05, 0.1) is 5.75 Å². The maximum absolute atomic E-state index is 12.3. The van der Waals surface area contributed by atoms with Gasteiger partial charge in [0.1, 0.15) is 0 Å². The Bertz CT molecular complexity index is 904. The first-order valence-corrected chi connectivity index (χ1v) is 9.32. The van der Waals surface area contributed by atoms with Crippen molar-refractivity contribution < 1.29 is 12.8 Å². The van der Waals surface area contributed by atoms with Gasteiger partial charge in [0.2, 0.25) is 26.6 Å². The zero-order valence-electron chi connectivity index (χ0n) is 13.3. The van der Waals surface area contributed by atoms with Gasteiger partial charge in [-0.1, -0.05) is 55.5 Å². The Morgan fingerprint density at radius 2 is 1.62 bits per heavy atom. The predicted octanol–water partition coefficient (Wildman–Crippen LogP) is 3.75. The summed E-state index contributed by atoms with van der Waals surface area (Å²) in [5.74, 6) is 0.436. The maximum Gasteiger partial charge on any atom is 0.233 e. The molecule has 0 atom stereocenters. The monoisotopic (exact) mass is 342 g/mol. The lowest BCUT2D eigenvalue weighted by Crippen LogP contribution is -2.08. The lowest BCUT2D eigenvalue weighted by molar-refractivity contribution is 0.577. The summed E-state index contributed by atoms with van der Waals surface area (Å²) in [5, 5.41) is 3.01. The normalized spacial score (nSPS) is 11.4. The summed E-state index contributed by atoms with van der Waals surface area (Å²) in [6.45, 7) is 2.05. The molecular formula is C18H18N2O3S. The third kappa shape index (κ3) is 3.49. The van der Waals surface area contributed by atoms with Crippen LogP contribution in [0.1, 0.15) is 12.5 Å². The van der Waals surface area contributed by atoms with Gasteiger partial charge in [-0.2, -0.15) is 4.98 Å². The molecule has 0 spiro atoms. The van der Waals surface area contributed by atoms with Crippen LogP contribution in [-0.4, -0.2) is 19.2 Å². The fraction of sp³-hybridized carbons (Fsp3) is 0.167. The van der Waals surface area contributed by atoms with Crippen molar-refractivity contribution in [3.05, 3.63) is 66.2 Å². The third-order valence-electron chi connectivity index (χ3n) is 3.59. The SMILES string of the molecule is CCS(=O)(=O)c1nc(-c2ccccc2)oc1NCc1ccccc1. The fourth-order valence-electron chi connectivity index (χ4n) is 2.25. The van der Waals surface area contributed by atoms with Crippen molar-refractivity contribution in [2.45, 2.75) is 18.5 Å². The number of benzene rings is 2. The Morgan fingerprint density at radius 1 is 1.00 bits per heavy atom. The van der Waals surface area contributed by atoms with Gasteiger partial charge in [-0.3, -0.25) is 0 Å². The quantitative estimate of drug-likeness (QED) is 0.739. The highest BCUT2D eigenvalue weighted by Crippen LogP contribution is 2.29. The van der Waals surface area contributed by atoms with E-state index in [0.29, 0.717) is 6.54 Å². The van der Waals surface area contributed by atoms with Crippen molar-refractivity contribution in [2.24, 2.45) is 0 Å². The molecule has 6 heteroatoms. The van der Waals surface area contributed by atoms with E-state index in [9.17, 15) is 8.42 Å². The Morgan fingerprint density at radius 3 is 2.25 bits per heavy atom. The highest BCUT2D eigenvalue weighted by atomic mass is 32.2. The van der Waals surface area contributed by atoms with Crippen LogP contribution in [0.3, 0.4) is 0 Å². The van der Waals surface area contributed by atoms with Gasteiger partial charge in [-0.15, -0.1) is 0 Å². The second kappa shape index (κ2) is 6.88. The zero-order chi connectivity index (χ0) is 17.0. The third-order valence-corrected chi connectivity index (χ3v) is 5.21. The smallest absolute Gasteiger partial charge is 0.233 e. The number of hydrogen-bond donors (Lipinski definition) is 1. The molecule has 0 fully saturated rings. The number of rotatable bonds is 6. The Hall–Kier alpha value is -2.60. The molecule has 0 radical (unpaired) electrons. The maximum atomic E-state index is 12.3. The average molecular weight is 342 g/mol. The van der Waals surface area contributed by atoms with Crippen molar-refractivity contribution >= 4 is 15.7 Å². The van der Waals surface area contributed by atoms with E-state index >= 15 is 0 Å². The second-order valence-electron chi connectivity index (χ2n) is 5.26. The summed E-state index contributed by atoms with van der Waals surface area (Å²) in [6.07, 6.45) is 0. The summed E-state index contributed by atoms with van der Waals surface area (Å²) in [4.78, 5) is 4.22. The van der Waals surface area contributed by atoms with E-state index in [-0.39, 0.29) is 22.6 Å². The van der Waals surface area contributed by atoms with Crippen LogP contribution < -0.4 is 5.32 Å². The lowest BCUT2D eigenvalue weighted by atomic mass is 10.2. The highest BCUT2D eigenvalue weighted by Gasteiger charge is 2.25. The van der Waals surface area contributed by atoms with Gasteiger partial charge < -0.3 is 9.73 Å². The minimum atomic E-state index is -3.49. The number of nitrogens with zero attached hydrogens (tertiary/aromatic N) is 1. The fourth-order valence-corrected chi connectivity index (χ4v) is 3.14. The van der Waals surface area contributed by atoms with Gasteiger partial charge in [0.25, 0.3) is 0 Å². The molecule has 0 saturated heterocycles. The molecule has 1 N–H and O–H groups in total. The van der Waals surface area contributed by atoms with Crippen LogP contribution in [0.4, 0.5) is 5.88 Å². The predicted molar refractivity (Wildman–Crippen MR) is 93.4 cm³/mol. The molecule has 0 unspecified atom stereocenters. The summed E-state index contributed by atoms with van der Waals surface area (Å²) in [5.41, 5.74) is 1.76. The largest absolute Gasteiger partial charge is 0.419 e. The summed E-state index contributed by atoms with van der Waals surface area (Å²) < 4.78 is 30.3. The van der Waals surface area contributed by atoms with Crippen molar-refractivity contribution in [2.75, 3.05) is 11.1 Å². The van der Waals surface area contributed by atoms with Crippen LogP contribution in [0.25, 0.3) is 11.5 Å². The van der Waals surface area contributed by atoms with Gasteiger partial charge in [-0.25, -0.2) is 8.42 Å². The van der Waals surface area contributed by atoms with Crippen LogP contribution in [-0.2, 0) is 16.4 Å². The first-order valence-electron chi connectivity index (χ1n) is 7.67. The molecule has 0 aliphatic heterocycles. The standard InChI is InChI=1S/C18H18N2O3S/c1-2-24(21,22)18-17(19-13-14-9-5-3-6-10-14)23-16(20-18)15-11-7-4-8-12-15/h3-12,19H,2,13H2,1H3. The molecule has 2 aromatic carbocycles. The van der Waals surface area contributed by atoms with Crippen LogP contribution in [0, 0.1) is 0 Å². The van der Waals surface area contributed by atoms with E-state index in [1.54, 1.807) is 6.92 Å². The molecule has 3 rings (SSSR count). The molecule has 0 aliphatic rings. The van der Waals surface area contributed by atoms with Crippen LogP contribution in [0.2, 0.25) is 0 Å². The zero-order valence-corrected chi connectivity index (χ0v) is 14.1. The first kappa shape index (κ1) is 16.3. The number of sulfone groups is 1. The van der Waals surface area contributed by atoms with E-state index in [0.717, 1.165) is 11.1 Å². The Balaban J connectivity index is 1.95. The molecule has 3 aromatic rings. The van der Waals surface area contributed by atoms with E-state index in [1.807, 2.05) is 60.7 Å². The second-order valence-corrected chi connectivity index (χ2v) is 7.46. The van der Waals surface area contributed by atoms with E-state index in [4.69, 9.17) is 4.42 Å². The molecule has 124 valence electrons. The topological polar surface area (TPSA) is 72.2 Å². The first-order chi connectivity index (χ1) is 11.6. The van der Waals surface area contributed by atoms with Crippen molar-refractivity contribution in [3.8, 4) is 11.5 Å². The molecule has 0 amide bonds. The van der Waals surface area contributed by atoms with Crippen LogP contribution in [0.5, 0.6) is 0 Å². The number of hydrogen-bond acceptors (Lipinski definition) is 5. The Labute approximate surface area is 141 Å². The molecule has 1 heterocycles. The highest BCUT2D eigenvalue weighted by molar-refractivity contribution is 7.91. The van der Waals surface area contributed by atoms with Gasteiger partial charge in [0, 0.05) is 12.1 Å². The van der Waals surface area contributed by atoms with Crippen molar-refractivity contribution in [1.82, 2.24) is 4.98 Å². The summed E-state index contributed by atoms with van der Waals surface area (Å²) in [6, 6.07) is 18.9. The summed E-state index contributed by atoms with van der Waals surface area (Å²) >= 11 is 0. The molecule has 0 bridgehead atoms. The van der Waals surface area contributed by atoms with Gasteiger partial charge >= 0.3 is 0 Å². The minimum Gasteiger partial charge on any atom is -0.419 e. The molecule has 0 aliphatic carbocycles. The van der Waals surface area contributed by atoms with Crippen molar-refractivity contribution in [1.29, 1.82) is 0 Å². The Kier molecular flexibility index (Phi) is 4.66. The number of anilines is 1.